The Kier molecular flexibility index (Phi) is 5.10. The first kappa shape index (κ1) is 15.2. The molecule has 0 heterocycles. The van der Waals surface area contributed by atoms with Gasteiger partial charge < -0.3 is 10.4 Å². The van der Waals surface area contributed by atoms with Gasteiger partial charge in [-0.15, -0.1) is 0 Å². The molecular weight excluding hydrogens is 242 g/mol. The summed E-state index contributed by atoms with van der Waals surface area (Å²) in [6, 6.07) is 7.94. The van der Waals surface area contributed by atoms with E-state index in [2.05, 4.69) is 12.2 Å². The van der Waals surface area contributed by atoms with Crippen LogP contribution in [0.2, 0.25) is 0 Å². The van der Waals surface area contributed by atoms with Crippen LogP contribution in [-0.4, -0.2) is 23.5 Å². The van der Waals surface area contributed by atoms with Gasteiger partial charge in [0.05, 0.1) is 11.8 Å². The van der Waals surface area contributed by atoms with Gasteiger partial charge >= 0.3 is 5.97 Å². The van der Waals surface area contributed by atoms with E-state index in [-0.39, 0.29) is 18.9 Å². The fourth-order valence-electron chi connectivity index (χ4n) is 1.79. The predicted molar refractivity (Wildman–Crippen MR) is 74.1 cm³/mol. The van der Waals surface area contributed by atoms with Gasteiger partial charge in [-0.05, 0) is 31.4 Å². The Labute approximate surface area is 113 Å². The monoisotopic (exact) mass is 263 g/mol. The molecule has 0 fully saturated rings. The van der Waals surface area contributed by atoms with E-state index in [9.17, 15) is 9.59 Å². The highest BCUT2D eigenvalue weighted by Gasteiger charge is 2.29. The molecule has 0 radical (unpaired) electrons. The molecule has 0 atom stereocenters. The highest BCUT2D eigenvalue weighted by Crippen LogP contribution is 2.23. The molecule has 104 valence electrons. The fraction of sp³-hybridized carbons (Fsp3) is 0.467. The number of aryl methyl sites for hydroxylation is 1. The van der Waals surface area contributed by atoms with Crippen molar-refractivity contribution in [1.82, 2.24) is 5.32 Å². The van der Waals surface area contributed by atoms with Crippen molar-refractivity contribution in [2.75, 3.05) is 6.54 Å². The Morgan fingerprint density at radius 3 is 2.26 bits per heavy atom. The Balaban J connectivity index is 2.72. The molecule has 0 saturated carbocycles. The number of hydrogen-bond acceptors (Lipinski definition) is 2. The summed E-state index contributed by atoms with van der Waals surface area (Å²) in [4.78, 5) is 22.5. The Bertz CT molecular complexity index is 449. The Hall–Kier alpha value is -1.84. The van der Waals surface area contributed by atoms with Crippen LogP contribution in [0.3, 0.4) is 0 Å². The Morgan fingerprint density at radius 1 is 1.21 bits per heavy atom. The van der Waals surface area contributed by atoms with Crippen molar-refractivity contribution in [3.8, 4) is 0 Å². The zero-order valence-electron chi connectivity index (χ0n) is 11.7. The summed E-state index contributed by atoms with van der Waals surface area (Å²) in [5, 5.41) is 11.2. The van der Waals surface area contributed by atoms with Crippen molar-refractivity contribution in [2.24, 2.45) is 0 Å². The van der Waals surface area contributed by atoms with E-state index in [1.54, 1.807) is 0 Å². The maximum Gasteiger partial charge on any atom is 0.305 e. The van der Waals surface area contributed by atoms with Crippen molar-refractivity contribution < 1.29 is 14.7 Å². The zero-order chi connectivity index (χ0) is 14.5. The van der Waals surface area contributed by atoms with Gasteiger partial charge in [-0.3, -0.25) is 9.59 Å². The highest BCUT2D eigenvalue weighted by atomic mass is 16.4. The summed E-state index contributed by atoms with van der Waals surface area (Å²) in [5.41, 5.74) is 1.49. The summed E-state index contributed by atoms with van der Waals surface area (Å²) in [5.74, 6) is -1.07. The van der Waals surface area contributed by atoms with Crippen LogP contribution in [-0.2, 0) is 21.4 Å². The number of amides is 1. The normalized spacial score (nSPS) is 11.1. The molecule has 0 bridgehead atoms. The standard InChI is InChI=1S/C15H21NO3/c1-4-11-5-7-12(8-6-11)15(2,3)14(19)16-10-9-13(17)18/h5-8H,4,9-10H2,1-3H3,(H,16,19)(H,17,18). The van der Waals surface area contributed by atoms with Gasteiger partial charge in [0.2, 0.25) is 5.91 Å². The molecule has 1 aromatic carbocycles. The number of nitrogens with one attached hydrogen (secondary N) is 1. The quantitative estimate of drug-likeness (QED) is 0.826. The first-order valence-electron chi connectivity index (χ1n) is 6.47. The number of rotatable bonds is 6. The molecule has 4 nitrogen and oxygen atoms in total. The molecular formula is C15H21NO3. The van der Waals surface area contributed by atoms with Crippen LogP contribution < -0.4 is 5.32 Å². The number of carbonyl (C=O) groups excluding carboxylic acids is 1. The second kappa shape index (κ2) is 6.36. The second-order valence-corrected chi connectivity index (χ2v) is 5.08. The predicted octanol–water partition coefficient (Wildman–Crippen LogP) is 2.12. The highest BCUT2D eigenvalue weighted by molar-refractivity contribution is 5.87. The van der Waals surface area contributed by atoms with E-state index < -0.39 is 11.4 Å². The molecule has 19 heavy (non-hydrogen) atoms. The van der Waals surface area contributed by atoms with Crippen molar-refractivity contribution >= 4 is 11.9 Å². The Morgan fingerprint density at radius 2 is 1.79 bits per heavy atom. The van der Waals surface area contributed by atoms with E-state index >= 15 is 0 Å². The lowest BCUT2D eigenvalue weighted by atomic mass is 9.83. The van der Waals surface area contributed by atoms with Gasteiger partial charge in [-0.2, -0.15) is 0 Å². The molecule has 1 amide bonds. The SMILES string of the molecule is CCc1ccc(C(C)(C)C(=O)NCCC(=O)O)cc1. The van der Waals surface area contributed by atoms with Crippen LogP contribution in [0.15, 0.2) is 24.3 Å². The van der Waals surface area contributed by atoms with E-state index in [0.717, 1.165) is 12.0 Å². The number of benzene rings is 1. The van der Waals surface area contributed by atoms with Crippen molar-refractivity contribution in [3.63, 3.8) is 0 Å². The van der Waals surface area contributed by atoms with Crippen LogP contribution in [0.1, 0.15) is 38.3 Å². The fourth-order valence-corrected chi connectivity index (χ4v) is 1.79. The smallest absolute Gasteiger partial charge is 0.305 e. The third kappa shape index (κ3) is 4.09. The van der Waals surface area contributed by atoms with Crippen molar-refractivity contribution in [1.29, 1.82) is 0 Å². The second-order valence-electron chi connectivity index (χ2n) is 5.08. The molecule has 4 heteroatoms. The average Bonchev–Trinajstić information content (AvgIpc) is 2.38. The molecule has 0 unspecified atom stereocenters. The molecule has 0 aromatic heterocycles. The van der Waals surface area contributed by atoms with Gasteiger partial charge in [0.1, 0.15) is 0 Å². The van der Waals surface area contributed by atoms with Crippen molar-refractivity contribution in [2.45, 2.75) is 39.0 Å². The molecule has 0 aliphatic carbocycles. The summed E-state index contributed by atoms with van der Waals surface area (Å²) >= 11 is 0. The van der Waals surface area contributed by atoms with Gasteiger partial charge in [-0.1, -0.05) is 31.2 Å². The maximum absolute atomic E-state index is 12.1. The lowest BCUT2D eigenvalue weighted by molar-refractivity contribution is -0.137. The first-order chi connectivity index (χ1) is 8.87. The third-order valence-corrected chi connectivity index (χ3v) is 3.28. The number of carboxylic acid groups (broad SMARTS) is 1. The summed E-state index contributed by atoms with van der Waals surface area (Å²) in [6.07, 6.45) is 0.905. The van der Waals surface area contributed by atoms with E-state index in [4.69, 9.17) is 5.11 Å². The largest absolute Gasteiger partial charge is 0.481 e. The topological polar surface area (TPSA) is 66.4 Å². The van der Waals surface area contributed by atoms with Gasteiger partial charge in [0, 0.05) is 6.54 Å². The molecule has 2 N–H and O–H groups in total. The minimum Gasteiger partial charge on any atom is -0.481 e. The van der Waals surface area contributed by atoms with Crippen LogP contribution in [0.5, 0.6) is 0 Å². The minimum atomic E-state index is -0.912. The molecule has 1 rings (SSSR count). The summed E-state index contributed by atoms with van der Waals surface area (Å²) in [7, 11) is 0. The molecule has 0 saturated heterocycles. The van der Waals surface area contributed by atoms with Crippen LogP contribution in [0, 0.1) is 0 Å². The van der Waals surface area contributed by atoms with Crippen LogP contribution >= 0.6 is 0 Å². The molecule has 1 aromatic rings. The molecule has 0 aliphatic heterocycles. The van der Waals surface area contributed by atoms with E-state index in [0.29, 0.717) is 0 Å². The number of hydrogen-bond donors (Lipinski definition) is 2. The summed E-state index contributed by atoms with van der Waals surface area (Å²) in [6.45, 7) is 5.91. The first-order valence-corrected chi connectivity index (χ1v) is 6.47. The minimum absolute atomic E-state index is 0.0589. The zero-order valence-corrected chi connectivity index (χ0v) is 11.7. The third-order valence-electron chi connectivity index (χ3n) is 3.28. The number of aliphatic carboxylic acids is 1. The van der Waals surface area contributed by atoms with Crippen LogP contribution in [0.25, 0.3) is 0 Å². The van der Waals surface area contributed by atoms with Gasteiger partial charge in [0.15, 0.2) is 0 Å². The number of carbonyl (C=O) groups is 2. The van der Waals surface area contributed by atoms with E-state index in [1.165, 1.54) is 5.56 Å². The van der Waals surface area contributed by atoms with Gasteiger partial charge in [-0.25, -0.2) is 0 Å². The number of carboxylic acids is 1. The van der Waals surface area contributed by atoms with Crippen molar-refractivity contribution in [3.05, 3.63) is 35.4 Å². The van der Waals surface area contributed by atoms with Gasteiger partial charge in [0.25, 0.3) is 0 Å². The lowest BCUT2D eigenvalue weighted by Gasteiger charge is -2.24. The van der Waals surface area contributed by atoms with Crippen LogP contribution in [0.4, 0.5) is 0 Å². The maximum atomic E-state index is 12.1. The molecule has 0 spiro atoms. The van der Waals surface area contributed by atoms with E-state index in [1.807, 2.05) is 38.1 Å². The molecule has 0 aliphatic rings. The summed E-state index contributed by atoms with van der Waals surface area (Å²) < 4.78 is 0. The average molecular weight is 263 g/mol. The lowest BCUT2D eigenvalue weighted by Crippen LogP contribution is -2.40.